The number of aromatic hydroxyl groups is 1. The summed E-state index contributed by atoms with van der Waals surface area (Å²) in [5.41, 5.74) is 1.90. The normalized spacial score (nSPS) is 10.9. The van der Waals surface area contributed by atoms with Crippen LogP contribution in [0.1, 0.15) is 11.4 Å². The average Bonchev–Trinajstić information content (AvgIpc) is 2.77. The first-order valence-electron chi connectivity index (χ1n) is 5.50. The first-order valence-corrected chi connectivity index (χ1v) is 6.29. The molecule has 0 atom stereocenters. The van der Waals surface area contributed by atoms with E-state index >= 15 is 0 Å². The van der Waals surface area contributed by atoms with Gasteiger partial charge in [-0.25, -0.2) is 0 Å². The Labute approximate surface area is 112 Å². The molecule has 3 rings (SSSR count). The van der Waals surface area contributed by atoms with Gasteiger partial charge in [0.15, 0.2) is 5.65 Å². The van der Waals surface area contributed by atoms with E-state index in [2.05, 4.69) is 26.1 Å². The highest BCUT2D eigenvalue weighted by molar-refractivity contribution is 9.10. The number of fused-ring (bicyclic) bond motifs is 1. The number of phenolic OH excluding ortho intramolecular Hbond substituents is 1. The largest absolute Gasteiger partial charge is 0.508 e. The lowest BCUT2D eigenvalue weighted by molar-refractivity contribution is 0.475. The van der Waals surface area contributed by atoms with Crippen LogP contribution in [0.4, 0.5) is 0 Å². The molecule has 1 aromatic carbocycles. The van der Waals surface area contributed by atoms with Gasteiger partial charge in [0.05, 0.1) is 4.47 Å². The SMILES string of the molecule is Oc1ccc(Cc2nnc3c(Br)cccn23)cc1. The van der Waals surface area contributed by atoms with Gasteiger partial charge in [0.1, 0.15) is 11.6 Å². The maximum Gasteiger partial charge on any atom is 0.175 e. The fraction of sp³-hybridized carbons (Fsp3) is 0.0769. The molecule has 0 amide bonds. The van der Waals surface area contributed by atoms with Crippen LogP contribution in [-0.2, 0) is 6.42 Å². The van der Waals surface area contributed by atoms with Crippen LogP contribution in [0.3, 0.4) is 0 Å². The lowest BCUT2D eigenvalue weighted by Gasteiger charge is -2.01. The summed E-state index contributed by atoms with van der Waals surface area (Å²) in [5.74, 6) is 1.14. The molecule has 0 spiro atoms. The molecule has 0 bridgehead atoms. The maximum absolute atomic E-state index is 9.25. The fourth-order valence-corrected chi connectivity index (χ4v) is 2.27. The lowest BCUT2D eigenvalue weighted by atomic mass is 10.1. The number of halogens is 1. The van der Waals surface area contributed by atoms with E-state index in [0.29, 0.717) is 6.42 Å². The zero-order chi connectivity index (χ0) is 12.5. The van der Waals surface area contributed by atoms with E-state index in [1.54, 1.807) is 12.1 Å². The fourth-order valence-electron chi connectivity index (χ4n) is 1.85. The molecular formula is C13H10BrN3O. The number of aromatic nitrogens is 3. The van der Waals surface area contributed by atoms with Gasteiger partial charge in [-0.1, -0.05) is 12.1 Å². The third-order valence-corrected chi connectivity index (χ3v) is 3.38. The summed E-state index contributed by atoms with van der Waals surface area (Å²) < 4.78 is 2.88. The molecule has 0 fully saturated rings. The summed E-state index contributed by atoms with van der Waals surface area (Å²) in [4.78, 5) is 0. The van der Waals surface area contributed by atoms with Crippen LogP contribution < -0.4 is 0 Å². The molecular weight excluding hydrogens is 294 g/mol. The average molecular weight is 304 g/mol. The molecule has 90 valence electrons. The number of pyridine rings is 1. The molecule has 2 aromatic heterocycles. The van der Waals surface area contributed by atoms with E-state index < -0.39 is 0 Å². The molecule has 18 heavy (non-hydrogen) atoms. The Morgan fingerprint density at radius 1 is 1.11 bits per heavy atom. The van der Waals surface area contributed by atoms with Crippen molar-refractivity contribution in [3.63, 3.8) is 0 Å². The minimum atomic E-state index is 0.271. The van der Waals surface area contributed by atoms with Crippen molar-refractivity contribution in [1.82, 2.24) is 14.6 Å². The smallest absolute Gasteiger partial charge is 0.175 e. The number of hydrogen-bond donors (Lipinski definition) is 1. The topological polar surface area (TPSA) is 50.4 Å². The first kappa shape index (κ1) is 11.2. The third-order valence-electron chi connectivity index (χ3n) is 2.76. The van der Waals surface area contributed by atoms with Gasteiger partial charge in [0, 0.05) is 12.6 Å². The van der Waals surface area contributed by atoms with Crippen LogP contribution in [0.25, 0.3) is 5.65 Å². The summed E-state index contributed by atoms with van der Waals surface area (Å²) in [6.45, 7) is 0. The zero-order valence-corrected chi connectivity index (χ0v) is 11.0. The van der Waals surface area contributed by atoms with Crippen molar-refractivity contribution in [3.8, 4) is 5.75 Å². The van der Waals surface area contributed by atoms with E-state index in [1.807, 2.05) is 34.9 Å². The summed E-state index contributed by atoms with van der Waals surface area (Å²) in [7, 11) is 0. The van der Waals surface area contributed by atoms with Gasteiger partial charge < -0.3 is 5.11 Å². The van der Waals surface area contributed by atoms with Crippen LogP contribution in [0.5, 0.6) is 5.75 Å². The van der Waals surface area contributed by atoms with Gasteiger partial charge >= 0.3 is 0 Å². The summed E-state index contributed by atoms with van der Waals surface area (Å²) >= 11 is 3.45. The summed E-state index contributed by atoms with van der Waals surface area (Å²) in [6, 6.07) is 11.0. The van der Waals surface area contributed by atoms with E-state index in [9.17, 15) is 5.11 Å². The van der Waals surface area contributed by atoms with Gasteiger partial charge in [-0.05, 0) is 45.8 Å². The molecule has 0 radical (unpaired) electrons. The minimum Gasteiger partial charge on any atom is -0.508 e. The highest BCUT2D eigenvalue weighted by Gasteiger charge is 2.08. The molecule has 0 aliphatic heterocycles. The first-order chi connectivity index (χ1) is 8.74. The minimum absolute atomic E-state index is 0.271. The molecule has 0 aliphatic rings. The van der Waals surface area contributed by atoms with Gasteiger partial charge in [0.25, 0.3) is 0 Å². The van der Waals surface area contributed by atoms with Crippen molar-refractivity contribution in [2.75, 3.05) is 0 Å². The number of benzene rings is 1. The highest BCUT2D eigenvalue weighted by Crippen LogP contribution is 2.18. The molecule has 0 saturated heterocycles. The van der Waals surface area contributed by atoms with Gasteiger partial charge in [-0.15, -0.1) is 10.2 Å². The molecule has 3 aromatic rings. The van der Waals surface area contributed by atoms with Gasteiger partial charge in [0.2, 0.25) is 0 Å². The van der Waals surface area contributed by atoms with E-state index in [4.69, 9.17) is 0 Å². The van der Waals surface area contributed by atoms with Crippen molar-refractivity contribution in [1.29, 1.82) is 0 Å². The zero-order valence-electron chi connectivity index (χ0n) is 9.42. The molecule has 5 heteroatoms. The summed E-state index contributed by atoms with van der Waals surface area (Å²) in [5, 5.41) is 17.6. The predicted molar refractivity (Wildman–Crippen MR) is 71.6 cm³/mol. The number of hydrogen-bond acceptors (Lipinski definition) is 3. The van der Waals surface area contributed by atoms with Crippen molar-refractivity contribution in [2.45, 2.75) is 6.42 Å². The Bertz CT molecular complexity index is 691. The van der Waals surface area contributed by atoms with Crippen LogP contribution in [0, 0.1) is 0 Å². The molecule has 2 heterocycles. The number of phenols is 1. The van der Waals surface area contributed by atoms with E-state index in [0.717, 1.165) is 21.5 Å². The molecule has 4 nitrogen and oxygen atoms in total. The molecule has 1 N–H and O–H groups in total. The Kier molecular flexibility index (Phi) is 2.76. The van der Waals surface area contributed by atoms with Crippen LogP contribution in [0.2, 0.25) is 0 Å². The monoisotopic (exact) mass is 303 g/mol. The van der Waals surface area contributed by atoms with Gasteiger partial charge in [-0.3, -0.25) is 4.40 Å². The maximum atomic E-state index is 9.25. The molecule has 0 aliphatic carbocycles. The second-order valence-corrected chi connectivity index (χ2v) is 4.86. The third kappa shape index (κ3) is 1.97. The second kappa shape index (κ2) is 4.42. The summed E-state index contributed by atoms with van der Waals surface area (Å²) in [6.07, 6.45) is 2.62. The quantitative estimate of drug-likeness (QED) is 0.792. The van der Waals surface area contributed by atoms with Crippen molar-refractivity contribution >= 4 is 21.6 Å². The van der Waals surface area contributed by atoms with Crippen LogP contribution in [-0.4, -0.2) is 19.7 Å². The van der Waals surface area contributed by atoms with Crippen molar-refractivity contribution in [3.05, 3.63) is 58.5 Å². The standard InChI is InChI=1S/C13H10BrN3O/c14-11-2-1-7-17-12(15-16-13(11)17)8-9-3-5-10(18)6-4-9/h1-7,18H,8H2. The molecule has 0 saturated carbocycles. The number of nitrogens with zero attached hydrogens (tertiary/aromatic N) is 3. The van der Waals surface area contributed by atoms with Crippen LogP contribution in [0.15, 0.2) is 47.1 Å². The molecule has 0 unspecified atom stereocenters. The van der Waals surface area contributed by atoms with Gasteiger partial charge in [-0.2, -0.15) is 0 Å². The second-order valence-electron chi connectivity index (χ2n) is 4.01. The lowest BCUT2D eigenvalue weighted by Crippen LogP contribution is -1.96. The highest BCUT2D eigenvalue weighted by atomic mass is 79.9. The Morgan fingerprint density at radius 3 is 2.67 bits per heavy atom. The Balaban J connectivity index is 2.00. The van der Waals surface area contributed by atoms with E-state index in [1.165, 1.54) is 0 Å². The van der Waals surface area contributed by atoms with Crippen molar-refractivity contribution in [2.24, 2.45) is 0 Å². The Hall–Kier alpha value is -1.88. The number of rotatable bonds is 2. The van der Waals surface area contributed by atoms with Crippen LogP contribution >= 0.6 is 15.9 Å². The van der Waals surface area contributed by atoms with E-state index in [-0.39, 0.29) is 5.75 Å². The predicted octanol–water partition coefficient (Wildman–Crippen LogP) is 2.79. The van der Waals surface area contributed by atoms with Crippen molar-refractivity contribution < 1.29 is 5.11 Å². The Morgan fingerprint density at radius 2 is 1.89 bits per heavy atom.